The molecule has 9 nitrogen and oxygen atoms in total. The van der Waals surface area contributed by atoms with Crippen LogP contribution < -0.4 is 5.73 Å². The molecule has 0 saturated carbocycles. The Morgan fingerprint density at radius 2 is 0.675 bits per heavy atom. The molecular formula is C67H116NO8P. The van der Waals surface area contributed by atoms with Crippen LogP contribution in [0.1, 0.15) is 271 Å². The Kier molecular flexibility index (Phi) is 59.2. The van der Waals surface area contributed by atoms with Crippen LogP contribution in [0.5, 0.6) is 0 Å². The number of nitrogens with two attached hydrogens (primary N) is 1. The molecule has 0 aromatic carbocycles. The molecule has 0 heterocycles. The molecule has 0 fully saturated rings. The van der Waals surface area contributed by atoms with Gasteiger partial charge in [-0.3, -0.25) is 18.6 Å². The molecule has 2 unspecified atom stereocenters. The predicted molar refractivity (Wildman–Crippen MR) is 330 cm³/mol. The van der Waals surface area contributed by atoms with E-state index in [1.54, 1.807) is 0 Å². The first-order valence-corrected chi connectivity index (χ1v) is 32.9. The lowest BCUT2D eigenvalue weighted by Gasteiger charge is -2.19. The van der Waals surface area contributed by atoms with Crippen LogP contribution in [0.4, 0.5) is 0 Å². The molecule has 0 aliphatic carbocycles. The molecule has 77 heavy (non-hydrogen) atoms. The summed E-state index contributed by atoms with van der Waals surface area (Å²) in [6.07, 6.45) is 84.6. The van der Waals surface area contributed by atoms with Crippen molar-refractivity contribution in [1.82, 2.24) is 0 Å². The molecule has 2 atom stereocenters. The number of hydrogen-bond acceptors (Lipinski definition) is 8. The van der Waals surface area contributed by atoms with Gasteiger partial charge in [0.2, 0.25) is 0 Å². The fraction of sp³-hybridized carbons (Fsp3) is 0.701. The Morgan fingerprint density at radius 1 is 0.390 bits per heavy atom. The van der Waals surface area contributed by atoms with E-state index in [0.717, 1.165) is 109 Å². The third kappa shape index (κ3) is 61.7. The van der Waals surface area contributed by atoms with Crippen LogP contribution >= 0.6 is 7.82 Å². The maximum atomic E-state index is 12.7. The SMILES string of the molecule is CC/C=C\C/C=C\C/C=C\C/C=C\C/C=C\C/C=C\CCCCCCCCCCCCCCCCCCCCCCC(=O)OC(COC(=O)CCCCCCCCC/C=C\C/C=C\C/C=C\CC)COP(=O)(O)OCCN. The number of hydrogen-bond donors (Lipinski definition) is 2. The van der Waals surface area contributed by atoms with Crippen LogP contribution in [0.3, 0.4) is 0 Å². The Labute approximate surface area is 473 Å². The Bertz CT molecular complexity index is 1630. The second-order valence-electron chi connectivity index (χ2n) is 20.5. The molecule has 0 aliphatic heterocycles. The van der Waals surface area contributed by atoms with E-state index < -0.39 is 32.5 Å². The maximum Gasteiger partial charge on any atom is 0.472 e. The highest BCUT2D eigenvalue weighted by Crippen LogP contribution is 2.43. The Morgan fingerprint density at radius 3 is 1.00 bits per heavy atom. The zero-order valence-electron chi connectivity index (χ0n) is 49.4. The minimum atomic E-state index is -4.39. The molecule has 0 aliphatic rings. The van der Waals surface area contributed by atoms with E-state index >= 15 is 0 Å². The van der Waals surface area contributed by atoms with Crippen molar-refractivity contribution in [2.24, 2.45) is 5.73 Å². The van der Waals surface area contributed by atoms with Gasteiger partial charge in [-0.25, -0.2) is 4.57 Å². The molecule has 0 amide bonds. The molecule has 0 bridgehead atoms. The number of phosphoric acid groups is 1. The van der Waals surface area contributed by atoms with Gasteiger partial charge in [-0.2, -0.15) is 0 Å². The van der Waals surface area contributed by atoms with E-state index in [1.807, 2.05) is 0 Å². The Hall–Kier alpha value is -3.33. The molecule has 0 aromatic heterocycles. The number of unbranched alkanes of at least 4 members (excludes halogenated alkanes) is 27. The van der Waals surface area contributed by atoms with E-state index in [1.165, 1.54) is 128 Å². The zero-order chi connectivity index (χ0) is 55.9. The molecule has 0 radical (unpaired) electrons. The normalized spacial score (nSPS) is 13.8. The average Bonchev–Trinajstić information content (AvgIpc) is 3.42. The van der Waals surface area contributed by atoms with Gasteiger partial charge in [-0.15, -0.1) is 0 Å². The van der Waals surface area contributed by atoms with Crippen LogP contribution in [0.25, 0.3) is 0 Å². The van der Waals surface area contributed by atoms with Crippen molar-refractivity contribution < 1.29 is 37.6 Å². The van der Waals surface area contributed by atoms with Gasteiger partial charge < -0.3 is 20.1 Å². The summed E-state index contributed by atoms with van der Waals surface area (Å²) in [4.78, 5) is 35.2. The van der Waals surface area contributed by atoms with Gasteiger partial charge in [0, 0.05) is 19.4 Å². The number of phosphoric ester groups is 1. The van der Waals surface area contributed by atoms with E-state index in [4.69, 9.17) is 24.3 Å². The van der Waals surface area contributed by atoms with Gasteiger partial charge in [0.25, 0.3) is 0 Å². The van der Waals surface area contributed by atoms with E-state index in [0.29, 0.717) is 6.42 Å². The summed E-state index contributed by atoms with van der Waals surface area (Å²) in [6.45, 7) is 3.52. The molecule has 0 rings (SSSR count). The first kappa shape index (κ1) is 73.7. The molecule has 0 spiro atoms. The van der Waals surface area contributed by atoms with Crippen molar-refractivity contribution in [3.63, 3.8) is 0 Å². The second kappa shape index (κ2) is 61.9. The summed E-state index contributed by atoms with van der Waals surface area (Å²) < 4.78 is 33.0. The van der Waals surface area contributed by atoms with E-state index in [9.17, 15) is 19.0 Å². The van der Waals surface area contributed by atoms with Crippen LogP contribution in [-0.2, 0) is 32.7 Å². The first-order valence-electron chi connectivity index (χ1n) is 31.4. The first-order chi connectivity index (χ1) is 37.8. The smallest absolute Gasteiger partial charge is 0.462 e. The largest absolute Gasteiger partial charge is 0.472 e. The molecule has 10 heteroatoms. The van der Waals surface area contributed by atoms with Gasteiger partial charge >= 0.3 is 19.8 Å². The van der Waals surface area contributed by atoms with Crippen LogP contribution in [-0.4, -0.2) is 49.3 Å². The van der Waals surface area contributed by atoms with Crippen molar-refractivity contribution in [2.45, 2.75) is 277 Å². The molecule has 442 valence electrons. The van der Waals surface area contributed by atoms with Crippen LogP contribution in [0, 0.1) is 0 Å². The fourth-order valence-corrected chi connectivity index (χ4v) is 9.36. The third-order valence-electron chi connectivity index (χ3n) is 13.2. The highest BCUT2D eigenvalue weighted by molar-refractivity contribution is 7.47. The van der Waals surface area contributed by atoms with Crippen molar-refractivity contribution in [1.29, 1.82) is 0 Å². The average molecular weight is 1090 g/mol. The lowest BCUT2D eigenvalue weighted by atomic mass is 10.0. The molecular weight excluding hydrogens is 978 g/mol. The Balaban J connectivity index is 3.84. The summed E-state index contributed by atoms with van der Waals surface area (Å²) in [7, 11) is -4.39. The lowest BCUT2D eigenvalue weighted by Crippen LogP contribution is -2.29. The number of rotatable bonds is 58. The van der Waals surface area contributed by atoms with Gasteiger partial charge in [0.1, 0.15) is 6.61 Å². The maximum absolute atomic E-state index is 12.7. The standard InChI is InChI=1S/C67H116NO8P/c1-3-5-7-9-11-13-15-17-19-21-22-23-24-25-26-27-28-29-30-31-32-33-34-35-36-37-38-39-40-41-42-44-46-48-50-52-54-56-58-60-67(70)76-65(64-75-77(71,72)74-62-61-68)63-73-66(69)59-57-55-53-51-49-47-45-43-20-18-16-14-12-10-8-6-4-2/h5-8,11-14,17-20,22-23,25-26,28-29,65H,3-4,9-10,15-16,21,24,27,30-64,68H2,1-2H3,(H,71,72)/b7-5-,8-6-,13-11-,14-12-,19-17-,20-18-,23-22-,26-25-,29-28-. The topological polar surface area (TPSA) is 134 Å². The van der Waals surface area contributed by atoms with Crippen molar-refractivity contribution in [3.05, 3.63) is 109 Å². The molecule has 0 aromatic rings. The molecule has 0 saturated heterocycles. The predicted octanol–water partition coefficient (Wildman–Crippen LogP) is 20.2. The number of ether oxygens (including phenoxy) is 2. The monoisotopic (exact) mass is 1090 g/mol. The minimum absolute atomic E-state index is 0.0491. The summed E-state index contributed by atoms with van der Waals surface area (Å²) >= 11 is 0. The quantitative estimate of drug-likeness (QED) is 0.0264. The van der Waals surface area contributed by atoms with Crippen molar-refractivity contribution >= 4 is 19.8 Å². The zero-order valence-corrected chi connectivity index (χ0v) is 50.3. The summed E-state index contributed by atoms with van der Waals surface area (Å²) in [6, 6.07) is 0. The highest BCUT2D eigenvalue weighted by atomic mass is 31.2. The van der Waals surface area contributed by atoms with Gasteiger partial charge in [0.15, 0.2) is 6.10 Å². The van der Waals surface area contributed by atoms with Gasteiger partial charge in [0.05, 0.1) is 13.2 Å². The second-order valence-corrected chi connectivity index (χ2v) is 22.0. The third-order valence-corrected chi connectivity index (χ3v) is 14.1. The summed E-state index contributed by atoms with van der Waals surface area (Å²) in [5.41, 5.74) is 5.38. The van der Waals surface area contributed by atoms with Crippen LogP contribution in [0.2, 0.25) is 0 Å². The minimum Gasteiger partial charge on any atom is -0.462 e. The van der Waals surface area contributed by atoms with Crippen molar-refractivity contribution in [3.8, 4) is 0 Å². The van der Waals surface area contributed by atoms with E-state index in [-0.39, 0.29) is 32.6 Å². The number of carbonyl (C=O) groups excluding carboxylic acids is 2. The van der Waals surface area contributed by atoms with Crippen LogP contribution in [0.15, 0.2) is 109 Å². The van der Waals surface area contributed by atoms with Gasteiger partial charge in [-0.1, -0.05) is 271 Å². The highest BCUT2D eigenvalue weighted by Gasteiger charge is 2.26. The number of allylic oxidation sites excluding steroid dienone is 18. The summed E-state index contributed by atoms with van der Waals surface area (Å²) in [5, 5.41) is 0. The lowest BCUT2D eigenvalue weighted by molar-refractivity contribution is -0.161. The number of carbonyl (C=O) groups is 2. The summed E-state index contributed by atoms with van der Waals surface area (Å²) in [5.74, 6) is -0.835. The van der Waals surface area contributed by atoms with E-state index in [2.05, 4.69) is 123 Å². The van der Waals surface area contributed by atoms with Crippen molar-refractivity contribution in [2.75, 3.05) is 26.4 Å². The number of esters is 2. The molecule has 3 N–H and O–H groups in total. The fourth-order valence-electron chi connectivity index (χ4n) is 8.60. The van der Waals surface area contributed by atoms with Gasteiger partial charge in [-0.05, 0) is 96.3 Å².